The molecule has 1 saturated carbocycles. The standard InChI is InChI=1S/C12H16BrNO2S/c1-7-3-5-8(6-4-7)10-9(11(15)16-2)14-12(13)17-10/h7-8H,3-6H2,1-2H3. The first-order valence-corrected chi connectivity index (χ1v) is 7.47. The summed E-state index contributed by atoms with van der Waals surface area (Å²) in [6.45, 7) is 2.29. The fourth-order valence-corrected chi connectivity index (χ4v) is 3.99. The van der Waals surface area contributed by atoms with Crippen LogP contribution in [0.4, 0.5) is 0 Å². The Hall–Kier alpha value is -0.420. The molecule has 0 aliphatic heterocycles. The fourth-order valence-electron chi connectivity index (χ4n) is 2.35. The minimum Gasteiger partial charge on any atom is -0.464 e. The second-order valence-corrected chi connectivity index (χ2v) is 6.93. The van der Waals surface area contributed by atoms with Gasteiger partial charge in [-0.2, -0.15) is 0 Å². The van der Waals surface area contributed by atoms with Crippen LogP contribution in [0.1, 0.15) is 53.9 Å². The number of halogens is 1. The monoisotopic (exact) mass is 317 g/mol. The van der Waals surface area contributed by atoms with E-state index in [4.69, 9.17) is 4.74 Å². The molecule has 0 radical (unpaired) electrons. The summed E-state index contributed by atoms with van der Waals surface area (Å²) in [6.07, 6.45) is 4.78. The lowest BCUT2D eigenvalue weighted by atomic mass is 9.82. The van der Waals surface area contributed by atoms with Crippen molar-refractivity contribution >= 4 is 33.2 Å². The molecule has 0 saturated heterocycles. The van der Waals surface area contributed by atoms with Crippen molar-refractivity contribution in [1.29, 1.82) is 0 Å². The second-order valence-electron chi connectivity index (χ2n) is 4.63. The van der Waals surface area contributed by atoms with E-state index in [1.54, 1.807) is 11.3 Å². The fraction of sp³-hybridized carbons (Fsp3) is 0.667. The van der Waals surface area contributed by atoms with E-state index in [0.717, 1.165) is 27.6 Å². The van der Waals surface area contributed by atoms with Crippen molar-refractivity contribution in [1.82, 2.24) is 4.98 Å². The molecule has 17 heavy (non-hydrogen) atoms. The van der Waals surface area contributed by atoms with Crippen LogP contribution in [0.5, 0.6) is 0 Å². The number of hydrogen-bond acceptors (Lipinski definition) is 4. The summed E-state index contributed by atoms with van der Waals surface area (Å²) in [5.74, 6) is 0.967. The van der Waals surface area contributed by atoms with Gasteiger partial charge in [0, 0.05) is 4.88 Å². The van der Waals surface area contributed by atoms with Crippen LogP contribution in [0.2, 0.25) is 0 Å². The molecule has 3 nitrogen and oxygen atoms in total. The molecule has 0 N–H and O–H groups in total. The number of hydrogen-bond donors (Lipinski definition) is 0. The number of nitrogens with zero attached hydrogens (tertiary/aromatic N) is 1. The maximum Gasteiger partial charge on any atom is 0.357 e. The molecule has 1 aromatic rings. The van der Waals surface area contributed by atoms with Gasteiger partial charge < -0.3 is 4.74 Å². The largest absolute Gasteiger partial charge is 0.464 e. The first kappa shape index (κ1) is 13.0. The summed E-state index contributed by atoms with van der Waals surface area (Å²) in [5, 5.41) is 0. The number of carbonyl (C=O) groups is 1. The zero-order chi connectivity index (χ0) is 12.4. The zero-order valence-corrected chi connectivity index (χ0v) is 12.4. The number of rotatable bonds is 2. The van der Waals surface area contributed by atoms with Crippen molar-refractivity contribution in [2.75, 3.05) is 7.11 Å². The lowest BCUT2D eigenvalue weighted by molar-refractivity contribution is 0.0592. The minimum absolute atomic E-state index is 0.319. The summed E-state index contributed by atoms with van der Waals surface area (Å²) in [6, 6.07) is 0. The molecule has 1 aliphatic rings. The first-order chi connectivity index (χ1) is 8.11. The predicted molar refractivity (Wildman–Crippen MR) is 71.5 cm³/mol. The number of carbonyl (C=O) groups excluding carboxylic acids is 1. The van der Waals surface area contributed by atoms with Crippen LogP contribution in [0, 0.1) is 5.92 Å². The van der Waals surface area contributed by atoms with E-state index in [9.17, 15) is 4.79 Å². The van der Waals surface area contributed by atoms with Crippen molar-refractivity contribution in [3.05, 3.63) is 14.5 Å². The van der Waals surface area contributed by atoms with Gasteiger partial charge in [-0.15, -0.1) is 11.3 Å². The molecule has 1 heterocycles. The van der Waals surface area contributed by atoms with Gasteiger partial charge in [0.2, 0.25) is 0 Å². The molecule has 0 bridgehead atoms. The van der Waals surface area contributed by atoms with E-state index in [-0.39, 0.29) is 5.97 Å². The van der Waals surface area contributed by atoms with Gasteiger partial charge >= 0.3 is 5.97 Å². The Morgan fingerprint density at radius 3 is 2.65 bits per heavy atom. The predicted octanol–water partition coefficient (Wildman–Crippen LogP) is 3.99. The van der Waals surface area contributed by atoms with E-state index >= 15 is 0 Å². The van der Waals surface area contributed by atoms with Crippen LogP contribution in [-0.4, -0.2) is 18.1 Å². The van der Waals surface area contributed by atoms with Crippen molar-refractivity contribution in [3.63, 3.8) is 0 Å². The van der Waals surface area contributed by atoms with Crippen molar-refractivity contribution < 1.29 is 9.53 Å². The molecule has 5 heteroatoms. The quantitative estimate of drug-likeness (QED) is 0.774. The van der Waals surface area contributed by atoms with Gasteiger partial charge in [-0.25, -0.2) is 9.78 Å². The minimum atomic E-state index is -0.319. The number of aromatic nitrogens is 1. The van der Waals surface area contributed by atoms with Crippen LogP contribution >= 0.6 is 27.3 Å². The normalized spacial score (nSPS) is 24.6. The average molecular weight is 318 g/mol. The average Bonchev–Trinajstić information content (AvgIpc) is 2.71. The first-order valence-electron chi connectivity index (χ1n) is 5.86. The lowest BCUT2D eigenvalue weighted by Gasteiger charge is -2.25. The molecule has 0 atom stereocenters. The molecule has 0 amide bonds. The van der Waals surface area contributed by atoms with Gasteiger partial charge in [-0.1, -0.05) is 19.8 Å². The highest BCUT2D eigenvalue weighted by molar-refractivity contribution is 9.11. The van der Waals surface area contributed by atoms with Crippen LogP contribution in [0.15, 0.2) is 3.92 Å². The van der Waals surface area contributed by atoms with Gasteiger partial charge in [-0.05, 0) is 40.6 Å². The number of thiazole rings is 1. The summed E-state index contributed by atoms with van der Waals surface area (Å²) < 4.78 is 5.56. The van der Waals surface area contributed by atoms with Crippen LogP contribution in [-0.2, 0) is 4.74 Å². The summed E-state index contributed by atoms with van der Waals surface area (Å²) in [7, 11) is 1.41. The lowest BCUT2D eigenvalue weighted by Crippen LogP contribution is -2.13. The Labute approximate surface area is 114 Å². The smallest absolute Gasteiger partial charge is 0.357 e. The Morgan fingerprint density at radius 2 is 2.06 bits per heavy atom. The SMILES string of the molecule is COC(=O)c1nc(Br)sc1C1CCC(C)CC1. The number of methoxy groups -OCH3 is 1. The molecule has 0 spiro atoms. The number of ether oxygens (including phenoxy) is 1. The molecular weight excluding hydrogens is 302 g/mol. The van der Waals surface area contributed by atoms with Crippen molar-refractivity contribution in [2.24, 2.45) is 5.92 Å². The van der Waals surface area contributed by atoms with Crippen LogP contribution < -0.4 is 0 Å². The van der Waals surface area contributed by atoms with Gasteiger partial charge in [0.15, 0.2) is 9.61 Å². The molecule has 1 aliphatic carbocycles. The van der Waals surface area contributed by atoms with E-state index in [1.165, 1.54) is 20.0 Å². The number of esters is 1. The third-order valence-electron chi connectivity index (χ3n) is 3.39. The Bertz CT molecular complexity index is 411. The summed E-state index contributed by atoms with van der Waals surface area (Å²) in [4.78, 5) is 17.0. The zero-order valence-electron chi connectivity index (χ0n) is 10.0. The van der Waals surface area contributed by atoms with Crippen molar-refractivity contribution in [3.8, 4) is 0 Å². The van der Waals surface area contributed by atoms with E-state index in [1.807, 2.05) is 0 Å². The molecule has 1 aromatic heterocycles. The maximum absolute atomic E-state index is 11.7. The molecular formula is C12H16BrNO2S. The van der Waals surface area contributed by atoms with E-state index in [2.05, 4.69) is 27.8 Å². The molecule has 2 rings (SSSR count). The van der Waals surface area contributed by atoms with Gasteiger partial charge in [0.25, 0.3) is 0 Å². The third-order valence-corrected chi connectivity index (χ3v) is 5.06. The molecule has 94 valence electrons. The van der Waals surface area contributed by atoms with Gasteiger partial charge in [0.1, 0.15) is 0 Å². The van der Waals surface area contributed by atoms with Gasteiger partial charge in [0.05, 0.1) is 7.11 Å². The topological polar surface area (TPSA) is 39.2 Å². The highest BCUT2D eigenvalue weighted by Crippen LogP contribution is 2.40. The van der Waals surface area contributed by atoms with Crippen LogP contribution in [0.3, 0.4) is 0 Å². The van der Waals surface area contributed by atoms with Gasteiger partial charge in [-0.3, -0.25) is 0 Å². The highest BCUT2D eigenvalue weighted by Gasteiger charge is 2.27. The van der Waals surface area contributed by atoms with Crippen molar-refractivity contribution in [2.45, 2.75) is 38.5 Å². The van der Waals surface area contributed by atoms with Crippen LogP contribution in [0.25, 0.3) is 0 Å². The summed E-state index contributed by atoms with van der Waals surface area (Å²) >= 11 is 4.93. The van der Waals surface area contributed by atoms with E-state index < -0.39 is 0 Å². The second kappa shape index (κ2) is 5.48. The summed E-state index contributed by atoms with van der Waals surface area (Å²) in [5.41, 5.74) is 0.504. The Balaban J connectivity index is 2.22. The molecule has 1 fully saturated rings. The molecule has 0 unspecified atom stereocenters. The molecule has 0 aromatic carbocycles. The van der Waals surface area contributed by atoms with E-state index in [0.29, 0.717) is 11.6 Å². The highest BCUT2D eigenvalue weighted by atomic mass is 79.9. The Morgan fingerprint density at radius 1 is 1.41 bits per heavy atom. The maximum atomic E-state index is 11.7. The third kappa shape index (κ3) is 2.88. The Kier molecular flexibility index (Phi) is 4.20.